The zero-order chi connectivity index (χ0) is 20.9. The smallest absolute Gasteiger partial charge is 0.264 e. The highest BCUT2D eigenvalue weighted by atomic mass is 32.2. The first-order chi connectivity index (χ1) is 13.1. The van der Waals surface area contributed by atoms with Crippen LogP contribution in [0, 0.1) is 26.7 Å². The molecule has 0 bridgehead atoms. The molecule has 0 spiro atoms. The van der Waals surface area contributed by atoms with Crippen LogP contribution in [0.2, 0.25) is 0 Å². The maximum atomic E-state index is 13.4. The van der Waals surface area contributed by atoms with Gasteiger partial charge in [-0.2, -0.15) is 0 Å². The number of hydrogen-bond donors (Lipinski definition) is 1. The number of nitrogens with zero attached hydrogens (tertiary/aromatic N) is 1. The number of aryl methyl sites for hydroxylation is 3. The predicted octanol–water partition coefficient (Wildman–Crippen LogP) is 3.97. The molecule has 6 heteroatoms. The van der Waals surface area contributed by atoms with Gasteiger partial charge in [0.25, 0.3) is 10.0 Å². The number of hydrogen-bond acceptors (Lipinski definition) is 3. The molecule has 28 heavy (non-hydrogen) atoms. The van der Waals surface area contributed by atoms with Gasteiger partial charge in [-0.1, -0.05) is 43.7 Å². The van der Waals surface area contributed by atoms with Crippen LogP contribution in [0.1, 0.15) is 37.0 Å². The molecule has 0 aromatic heterocycles. The Kier molecular flexibility index (Phi) is 7.24. The highest BCUT2D eigenvalue weighted by Gasteiger charge is 2.28. The molecule has 0 fully saturated rings. The average Bonchev–Trinajstić information content (AvgIpc) is 2.62. The van der Waals surface area contributed by atoms with E-state index in [0.717, 1.165) is 23.1 Å². The average molecular weight is 403 g/mol. The molecule has 0 unspecified atom stereocenters. The molecule has 1 amide bonds. The number of nitrogens with one attached hydrogen (secondary N) is 1. The van der Waals surface area contributed by atoms with E-state index in [1.54, 1.807) is 24.3 Å². The Morgan fingerprint density at radius 1 is 1.00 bits per heavy atom. The van der Waals surface area contributed by atoms with E-state index < -0.39 is 10.0 Å². The zero-order valence-electron chi connectivity index (χ0n) is 17.3. The minimum absolute atomic E-state index is 0.175. The molecule has 2 rings (SSSR count). The van der Waals surface area contributed by atoms with E-state index in [2.05, 4.69) is 19.2 Å². The lowest BCUT2D eigenvalue weighted by Crippen LogP contribution is -2.41. The predicted molar refractivity (Wildman–Crippen MR) is 114 cm³/mol. The van der Waals surface area contributed by atoms with Crippen molar-refractivity contribution in [1.29, 1.82) is 0 Å². The van der Waals surface area contributed by atoms with Crippen molar-refractivity contribution in [3.63, 3.8) is 0 Å². The first kappa shape index (κ1) is 22.0. The molecule has 0 saturated carbocycles. The molecular weight excluding hydrogens is 372 g/mol. The van der Waals surface area contributed by atoms with Crippen molar-refractivity contribution >= 4 is 21.6 Å². The first-order valence-corrected chi connectivity index (χ1v) is 11.0. The van der Waals surface area contributed by atoms with Crippen molar-refractivity contribution < 1.29 is 13.2 Å². The van der Waals surface area contributed by atoms with E-state index in [0.29, 0.717) is 18.2 Å². The van der Waals surface area contributed by atoms with Gasteiger partial charge in [-0.05, 0) is 62.4 Å². The summed E-state index contributed by atoms with van der Waals surface area (Å²) in [5.41, 5.74) is 3.24. The molecular formula is C22H30N2O3S. The van der Waals surface area contributed by atoms with Crippen LogP contribution in [0.25, 0.3) is 0 Å². The molecule has 0 saturated heterocycles. The number of anilines is 1. The van der Waals surface area contributed by atoms with Crippen molar-refractivity contribution in [3.05, 3.63) is 59.2 Å². The monoisotopic (exact) mass is 402 g/mol. The van der Waals surface area contributed by atoms with Crippen molar-refractivity contribution in [1.82, 2.24) is 5.32 Å². The van der Waals surface area contributed by atoms with E-state index in [1.165, 1.54) is 4.31 Å². The molecule has 5 nitrogen and oxygen atoms in total. The molecule has 0 heterocycles. The van der Waals surface area contributed by atoms with Gasteiger partial charge >= 0.3 is 0 Å². The second-order valence-corrected chi connectivity index (χ2v) is 9.51. The lowest BCUT2D eigenvalue weighted by atomic mass is 10.1. The summed E-state index contributed by atoms with van der Waals surface area (Å²) in [6.45, 7) is 10.1. The van der Waals surface area contributed by atoms with Crippen LogP contribution in [0.4, 0.5) is 5.69 Å². The third kappa shape index (κ3) is 5.58. The summed E-state index contributed by atoms with van der Waals surface area (Å²) in [4.78, 5) is 12.7. The summed E-state index contributed by atoms with van der Waals surface area (Å²) in [5.74, 6) is 0.156. The Morgan fingerprint density at radius 3 is 2.21 bits per heavy atom. The third-order valence-corrected chi connectivity index (χ3v) is 6.35. The van der Waals surface area contributed by atoms with Crippen molar-refractivity contribution in [2.24, 2.45) is 5.92 Å². The molecule has 0 aliphatic rings. The minimum atomic E-state index is -3.87. The number of carbonyl (C=O) groups is 1. The van der Waals surface area contributed by atoms with Crippen LogP contribution in [-0.2, 0) is 14.8 Å². The van der Waals surface area contributed by atoms with Crippen LogP contribution in [-0.4, -0.2) is 27.4 Å². The summed E-state index contributed by atoms with van der Waals surface area (Å²) in [7, 11) is -3.87. The molecule has 0 aliphatic carbocycles. The first-order valence-electron chi connectivity index (χ1n) is 9.54. The summed E-state index contributed by atoms with van der Waals surface area (Å²) < 4.78 is 28.0. The number of sulfonamides is 1. The van der Waals surface area contributed by atoms with Gasteiger partial charge in [0, 0.05) is 6.54 Å². The van der Waals surface area contributed by atoms with E-state index in [9.17, 15) is 13.2 Å². The summed E-state index contributed by atoms with van der Waals surface area (Å²) in [6, 6.07) is 12.3. The van der Waals surface area contributed by atoms with Crippen molar-refractivity contribution in [2.45, 2.75) is 45.9 Å². The summed E-state index contributed by atoms with van der Waals surface area (Å²) in [5, 5.41) is 2.84. The van der Waals surface area contributed by atoms with Crippen LogP contribution in [0.5, 0.6) is 0 Å². The zero-order valence-corrected chi connectivity index (χ0v) is 18.1. The topological polar surface area (TPSA) is 66.5 Å². The highest BCUT2D eigenvalue weighted by molar-refractivity contribution is 7.92. The van der Waals surface area contributed by atoms with Crippen LogP contribution >= 0.6 is 0 Å². The molecule has 1 N–H and O–H groups in total. The van der Waals surface area contributed by atoms with Gasteiger partial charge < -0.3 is 5.32 Å². The number of benzene rings is 2. The third-order valence-electron chi connectivity index (χ3n) is 4.57. The quantitative estimate of drug-likeness (QED) is 0.726. The van der Waals surface area contributed by atoms with Crippen LogP contribution in [0.15, 0.2) is 47.4 Å². The van der Waals surface area contributed by atoms with Crippen molar-refractivity contribution in [2.75, 3.05) is 17.4 Å². The lowest BCUT2D eigenvalue weighted by Gasteiger charge is -2.26. The number of rotatable bonds is 8. The van der Waals surface area contributed by atoms with Gasteiger partial charge in [0.2, 0.25) is 5.91 Å². The Balaban J connectivity index is 2.40. The molecule has 152 valence electrons. The van der Waals surface area contributed by atoms with Crippen LogP contribution < -0.4 is 9.62 Å². The Hall–Kier alpha value is -2.34. The second kappa shape index (κ2) is 9.24. The fourth-order valence-electron chi connectivity index (χ4n) is 2.81. The van der Waals surface area contributed by atoms with Gasteiger partial charge in [-0.15, -0.1) is 0 Å². The molecule has 0 radical (unpaired) electrons. The van der Waals surface area contributed by atoms with Gasteiger partial charge in [-0.3, -0.25) is 9.10 Å². The Morgan fingerprint density at radius 2 is 1.61 bits per heavy atom. The van der Waals surface area contributed by atoms with Gasteiger partial charge in [0.1, 0.15) is 6.54 Å². The molecule has 2 aromatic rings. The van der Waals surface area contributed by atoms with E-state index in [4.69, 9.17) is 0 Å². The van der Waals surface area contributed by atoms with Gasteiger partial charge in [0.05, 0.1) is 10.6 Å². The van der Waals surface area contributed by atoms with Crippen LogP contribution in [0.3, 0.4) is 0 Å². The van der Waals surface area contributed by atoms with Crippen molar-refractivity contribution in [3.8, 4) is 0 Å². The second-order valence-electron chi connectivity index (χ2n) is 7.65. The standard InChI is InChI=1S/C22H30N2O3S/c1-16(2)12-13-23-22(25)15-24(21-14-18(4)6-9-19(21)5)28(26,27)20-10-7-17(3)8-11-20/h6-11,14,16H,12-13,15H2,1-5H3,(H,23,25). The highest BCUT2D eigenvalue weighted by Crippen LogP contribution is 2.28. The summed E-state index contributed by atoms with van der Waals surface area (Å²) >= 11 is 0. The van der Waals surface area contributed by atoms with Gasteiger partial charge in [-0.25, -0.2) is 8.42 Å². The van der Waals surface area contributed by atoms with E-state index in [-0.39, 0.29) is 17.3 Å². The largest absolute Gasteiger partial charge is 0.355 e. The fourth-order valence-corrected chi connectivity index (χ4v) is 4.29. The maximum absolute atomic E-state index is 13.4. The number of amides is 1. The lowest BCUT2D eigenvalue weighted by molar-refractivity contribution is -0.119. The number of carbonyl (C=O) groups excluding carboxylic acids is 1. The molecule has 2 aromatic carbocycles. The normalized spacial score (nSPS) is 11.5. The van der Waals surface area contributed by atoms with E-state index in [1.807, 2.05) is 39.0 Å². The Bertz CT molecular complexity index is 919. The molecule has 0 atom stereocenters. The molecule has 0 aliphatic heterocycles. The summed E-state index contributed by atoms with van der Waals surface area (Å²) in [6.07, 6.45) is 0.847. The maximum Gasteiger partial charge on any atom is 0.264 e. The SMILES string of the molecule is Cc1ccc(S(=O)(=O)N(CC(=O)NCCC(C)C)c2cc(C)ccc2C)cc1. The fraction of sp³-hybridized carbons (Fsp3) is 0.409. The van der Waals surface area contributed by atoms with Gasteiger partial charge in [0.15, 0.2) is 0 Å². The van der Waals surface area contributed by atoms with E-state index >= 15 is 0 Å². The minimum Gasteiger partial charge on any atom is -0.355 e. The Labute approximate surface area is 168 Å².